The lowest BCUT2D eigenvalue weighted by Gasteiger charge is -2.21. The Kier molecular flexibility index (Phi) is 4.81. The van der Waals surface area contributed by atoms with Crippen molar-refractivity contribution in [3.05, 3.63) is 42.1 Å². The summed E-state index contributed by atoms with van der Waals surface area (Å²) in [4.78, 5) is 6.35. The van der Waals surface area contributed by atoms with Crippen LogP contribution < -0.4 is 5.32 Å². The molecule has 6 heteroatoms. The summed E-state index contributed by atoms with van der Waals surface area (Å²) in [7, 11) is 5.71. The molecule has 2 aromatic heterocycles. The fourth-order valence-corrected chi connectivity index (χ4v) is 2.04. The summed E-state index contributed by atoms with van der Waals surface area (Å²) in [6.07, 6.45) is 6.41. The summed E-state index contributed by atoms with van der Waals surface area (Å²) in [5.74, 6) is 1.84. The summed E-state index contributed by atoms with van der Waals surface area (Å²) >= 11 is 0. The van der Waals surface area contributed by atoms with Crippen molar-refractivity contribution in [1.82, 2.24) is 20.0 Å². The number of hydrogen-bond acceptors (Lipinski definition) is 3. The highest BCUT2D eigenvalue weighted by molar-refractivity contribution is 5.79. The molecular formula is C14H21N5O. The van der Waals surface area contributed by atoms with Crippen LogP contribution in [0.3, 0.4) is 0 Å². The van der Waals surface area contributed by atoms with Gasteiger partial charge in [-0.2, -0.15) is 5.10 Å². The summed E-state index contributed by atoms with van der Waals surface area (Å²) in [5.41, 5.74) is 1.16. The molecule has 2 aromatic rings. The molecule has 0 aliphatic heterocycles. The first kappa shape index (κ1) is 14.2. The molecule has 0 unspecified atom stereocenters. The largest absolute Gasteiger partial charge is 0.469 e. The van der Waals surface area contributed by atoms with Gasteiger partial charge in [0.15, 0.2) is 5.96 Å². The minimum Gasteiger partial charge on any atom is -0.469 e. The lowest BCUT2D eigenvalue weighted by atomic mass is 10.3. The van der Waals surface area contributed by atoms with Gasteiger partial charge in [-0.05, 0) is 12.1 Å². The minimum atomic E-state index is 0.772. The van der Waals surface area contributed by atoms with Crippen molar-refractivity contribution in [3.63, 3.8) is 0 Å². The van der Waals surface area contributed by atoms with Crippen LogP contribution in [0.2, 0.25) is 0 Å². The minimum absolute atomic E-state index is 0.772. The van der Waals surface area contributed by atoms with Gasteiger partial charge in [-0.3, -0.25) is 9.67 Å². The van der Waals surface area contributed by atoms with E-state index in [0.717, 1.165) is 36.8 Å². The zero-order valence-electron chi connectivity index (χ0n) is 12.2. The van der Waals surface area contributed by atoms with Crippen molar-refractivity contribution in [2.24, 2.45) is 12.0 Å². The Bertz CT molecular complexity index is 544. The molecule has 20 heavy (non-hydrogen) atoms. The first-order valence-electron chi connectivity index (χ1n) is 6.60. The van der Waals surface area contributed by atoms with Gasteiger partial charge in [0.05, 0.1) is 12.5 Å². The van der Waals surface area contributed by atoms with E-state index in [2.05, 4.69) is 20.3 Å². The second-order valence-electron chi connectivity index (χ2n) is 4.68. The molecule has 0 saturated heterocycles. The Morgan fingerprint density at radius 1 is 1.55 bits per heavy atom. The van der Waals surface area contributed by atoms with Crippen LogP contribution in [0.4, 0.5) is 0 Å². The Morgan fingerprint density at radius 3 is 3.00 bits per heavy atom. The van der Waals surface area contributed by atoms with Crippen LogP contribution in [0.25, 0.3) is 0 Å². The van der Waals surface area contributed by atoms with Gasteiger partial charge in [-0.15, -0.1) is 0 Å². The lowest BCUT2D eigenvalue weighted by Crippen LogP contribution is -2.39. The van der Waals surface area contributed by atoms with E-state index >= 15 is 0 Å². The molecule has 2 rings (SSSR count). The Balaban J connectivity index is 1.81. The van der Waals surface area contributed by atoms with Gasteiger partial charge in [0.1, 0.15) is 5.76 Å². The summed E-state index contributed by atoms with van der Waals surface area (Å²) < 4.78 is 7.11. The van der Waals surface area contributed by atoms with Crippen LogP contribution >= 0.6 is 0 Å². The lowest BCUT2D eigenvalue weighted by molar-refractivity contribution is 0.469. The average Bonchev–Trinajstić information content (AvgIpc) is 3.06. The molecule has 0 radical (unpaired) electrons. The quantitative estimate of drug-likeness (QED) is 0.659. The maximum absolute atomic E-state index is 5.30. The maximum Gasteiger partial charge on any atom is 0.193 e. The topological polar surface area (TPSA) is 58.6 Å². The van der Waals surface area contributed by atoms with Crippen molar-refractivity contribution in [1.29, 1.82) is 0 Å². The Morgan fingerprint density at radius 2 is 2.40 bits per heavy atom. The molecule has 0 aliphatic carbocycles. The van der Waals surface area contributed by atoms with Crippen molar-refractivity contribution in [2.75, 3.05) is 20.6 Å². The van der Waals surface area contributed by atoms with E-state index in [1.165, 1.54) is 0 Å². The predicted octanol–water partition coefficient (Wildman–Crippen LogP) is 1.26. The van der Waals surface area contributed by atoms with Gasteiger partial charge in [0.2, 0.25) is 0 Å². The average molecular weight is 275 g/mol. The number of aliphatic imine (C=N–C) groups is 1. The van der Waals surface area contributed by atoms with Crippen molar-refractivity contribution >= 4 is 5.96 Å². The molecule has 0 aliphatic rings. The standard InChI is InChI=1S/C14H21N5O/c1-15-14(16-7-6-13-5-4-8-20-13)18(2)10-12-9-17-19(3)11-12/h4-5,8-9,11H,6-7,10H2,1-3H3,(H,15,16). The van der Waals surface area contributed by atoms with Gasteiger partial charge in [-0.25, -0.2) is 0 Å². The summed E-state index contributed by atoms with van der Waals surface area (Å²) in [6.45, 7) is 1.56. The van der Waals surface area contributed by atoms with Crippen LogP contribution in [-0.2, 0) is 20.0 Å². The van der Waals surface area contributed by atoms with Crippen LogP contribution in [0.15, 0.2) is 40.2 Å². The van der Waals surface area contributed by atoms with Crippen LogP contribution in [0.5, 0.6) is 0 Å². The zero-order valence-corrected chi connectivity index (χ0v) is 12.2. The van der Waals surface area contributed by atoms with E-state index in [1.807, 2.05) is 38.6 Å². The molecule has 108 valence electrons. The molecule has 1 N–H and O–H groups in total. The first-order valence-corrected chi connectivity index (χ1v) is 6.60. The second-order valence-corrected chi connectivity index (χ2v) is 4.68. The van der Waals surface area contributed by atoms with E-state index in [9.17, 15) is 0 Å². The number of aromatic nitrogens is 2. The molecule has 0 spiro atoms. The van der Waals surface area contributed by atoms with Crippen LogP contribution in [0, 0.1) is 0 Å². The highest BCUT2D eigenvalue weighted by Crippen LogP contribution is 2.02. The third-order valence-corrected chi connectivity index (χ3v) is 2.99. The number of nitrogens with zero attached hydrogens (tertiary/aromatic N) is 4. The van der Waals surface area contributed by atoms with E-state index in [1.54, 1.807) is 18.0 Å². The van der Waals surface area contributed by atoms with Gasteiger partial charge in [-0.1, -0.05) is 0 Å². The normalized spacial score (nSPS) is 11.7. The number of aryl methyl sites for hydroxylation is 1. The van der Waals surface area contributed by atoms with Gasteiger partial charge in [0, 0.05) is 52.4 Å². The molecule has 0 bridgehead atoms. The number of furan rings is 1. The first-order chi connectivity index (χ1) is 9.69. The maximum atomic E-state index is 5.30. The molecule has 0 aromatic carbocycles. The number of nitrogens with one attached hydrogen (secondary N) is 1. The Hall–Kier alpha value is -2.24. The highest BCUT2D eigenvalue weighted by Gasteiger charge is 2.07. The number of rotatable bonds is 5. The fourth-order valence-electron chi connectivity index (χ4n) is 2.04. The number of guanidine groups is 1. The zero-order chi connectivity index (χ0) is 14.4. The van der Waals surface area contributed by atoms with E-state index in [-0.39, 0.29) is 0 Å². The highest BCUT2D eigenvalue weighted by atomic mass is 16.3. The molecule has 2 heterocycles. The smallest absolute Gasteiger partial charge is 0.193 e. The second kappa shape index (κ2) is 6.79. The SMILES string of the molecule is CN=C(NCCc1ccco1)N(C)Cc1cnn(C)c1. The van der Waals surface area contributed by atoms with E-state index in [4.69, 9.17) is 4.42 Å². The summed E-state index contributed by atoms with van der Waals surface area (Å²) in [5, 5.41) is 7.49. The number of hydrogen-bond donors (Lipinski definition) is 1. The Labute approximate surface area is 119 Å². The van der Waals surface area contributed by atoms with Crippen molar-refractivity contribution < 1.29 is 4.42 Å². The van der Waals surface area contributed by atoms with Crippen LogP contribution in [-0.4, -0.2) is 41.3 Å². The van der Waals surface area contributed by atoms with Gasteiger partial charge in [0.25, 0.3) is 0 Å². The molecule has 6 nitrogen and oxygen atoms in total. The monoisotopic (exact) mass is 275 g/mol. The third-order valence-electron chi connectivity index (χ3n) is 2.99. The molecule has 0 saturated carbocycles. The fraction of sp³-hybridized carbons (Fsp3) is 0.429. The predicted molar refractivity (Wildman–Crippen MR) is 78.4 cm³/mol. The van der Waals surface area contributed by atoms with Gasteiger partial charge >= 0.3 is 0 Å². The van der Waals surface area contributed by atoms with Crippen molar-refractivity contribution in [3.8, 4) is 0 Å². The molecule has 0 fully saturated rings. The molecule has 0 amide bonds. The van der Waals surface area contributed by atoms with Crippen LogP contribution in [0.1, 0.15) is 11.3 Å². The van der Waals surface area contributed by atoms with Crippen molar-refractivity contribution in [2.45, 2.75) is 13.0 Å². The summed E-state index contributed by atoms with van der Waals surface area (Å²) in [6, 6.07) is 3.88. The van der Waals surface area contributed by atoms with E-state index in [0.29, 0.717) is 0 Å². The van der Waals surface area contributed by atoms with E-state index < -0.39 is 0 Å². The third kappa shape index (κ3) is 3.88. The molecule has 0 atom stereocenters. The van der Waals surface area contributed by atoms with Gasteiger partial charge < -0.3 is 14.6 Å². The molecular weight excluding hydrogens is 254 g/mol.